The summed E-state index contributed by atoms with van der Waals surface area (Å²) in [4.78, 5) is 4.32. The molecule has 0 aliphatic heterocycles. The van der Waals surface area contributed by atoms with E-state index in [0.717, 1.165) is 26.0 Å². The maximum absolute atomic E-state index is 5.64. The van der Waals surface area contributed by atoms with Crippen LogP contribution in [0, 0.1) is 0 Å². The van der Waals surface area contributed by atoms with Gasteiger partial charge in [-0.05, 0) is 44.6 Å². The molecule has 22 heavy (non-hydrogen) atoms. The maximum atomic E-state index is 5.64. The first-order chi connectivity index (χ1) is 10.7. The predicted molar refractivity (Wildman–Crippen MR) is 91.1 cm³/mol. The van der Waals surface area contributed by atoms with Crippen LogP contribution in [0.5, 0.6) is 0 Å². The number of aryl methyl sites for hydroxylation is 1. The minimum absolute atomic E-state index is 0.231. The molecule has 2 unspecified atom stereocenters. The van der Waals surface area contributed by atoms with Gasteiger partial charge in [-0.25, -0.2) is 4.98 Å². The molecule has 3 nitrogen and oxygen atoms in total. The summed E-state index contributed by atoms with van der Waals surface area (Å²) in [5, 5.41) is 0. The number of imidazole rings is 1. The Morgan fingerprint density at radius 2 is 1.95 bits per heavy atom. The van der Waals surface area contributed by atoms with E-state index in [-0.39, 0.29) is 6.10 Å². The molecule has 3 heteroatoms. The number of benzene rings is 1. The zero-order chi connectivity index (χ0) is 15.8. The minimum Gasteiger partial charge on any atom is -0.377 e. The molecule has 0 amide bonds. The normalized spacial score (nSPS) is 14.0. The summed E-state index contributed by atoms with van der Waals surface area (Å²) in [6, 6.07) is 10.8. The maximum Gasteiger partial charge on any atom is 0.0949 e. The van der Waals surface area contributed by atoms with Crippen LogP contribution in [0.3, 0.4) is 0 Å². The van der Waals surface area contributed by atoms with Crippen LogP contribution in [0.25, 0.3) is 0 Å². The van der Waals surface area contributed by atoms with E-state index in [4.69, 9.17) is 4.74 Å². The lowest BCUT2D eigenvalue weighted by atomic mass is 9.91. The summed E-state index contributed by atoms with van der Waals surface area (Å²) < 4.78 is 7.87. The van der Waals surface area contributed by atoms with E-state index in [2.05, 4.69) is 53.7 Å². The van der Waals surface area contributed by atoms with Gasteiger partial charge < -0.3 is 9.30 Å². The van der Waals surface area contributed by atoms with E-state index in [1.165, 1.54) is 17.7 Å². The third kappa shape index (κ3) is 4.70. The minimum atomic E-state index is 0.231. The van der Waals surface area contributed by atoms with Gasteiger partial charge in [0, 0.05) is 25.0 Å². The van der Waals surface area contributed by atoms with Crippen LogP contribution in [-0.4, -0.2) is 22.3 Å². The second-order valence-electron chi connectivity index (χ2n) is 5.86. The van der Waals surface area contributed by atoms with Crippen LogP contribution in [-0.2, 0) is 17.7 Å². The summed E-state index contributed by atoms with van der Waals surface area (Å²) in [6.07, 6.45) is 7.55. The summed E-state index contributed by atoms with van der Waals surface area (Å²) in [7, 11) is 0. The highest BCUT2D eigenvalue weighted by molar-refractivity contribution is 5.19. The highest BCUT2D eigenvalue weighted by Gasteiger charge is 2.12. The van der Waals surface area contributed by atoms with Crippen LogP contribution in [0.2, 0.25) is 0 Å². The van der Waals surface area contributed by atoms with Crippen molar-refractivity contribution in [3.05, 3.63) is 54.1 Å². The molecule has 2 atom stereocenters. The Labute approximate surface area is 134 Å². The lowest BCUT2D eigenvalue weighted by molar-refractivity contribution is 0.0634. The lowest BCUT2D eigenvalue weighted by Gasteiger charge is -2.17. The van der Waals surface area contributed by atoms with Gasteiger partial charge in [0.2, 0.25) is 0 Å². The van der Waals surface area contributed by atoms with Gasteiger partial charge in [0.05, 0.1) is 12.4 Å². The molecule has 2 rings (SSSR count). The molecule has 1 heterocycles. The summed E-state index contributed by atoms with van der Waals surface area (Å²) in [6.45, 7) is 8.07. The summed E-state index contributed by atoms with van der Waals surface area (Å²) in [5.74, 6) is 0.619. The number of rotatable bonds is 9. The molecule has 0 aliphatic rings. The number of ether oxygens (including phenoxy) is 1. The molecule has 0 saturated heterocycles. The highest BCUT2D eigenvalue weighted by Crippen LogP contribution is 2.24. The first-order valence-electron chi connectivity index (χ1n) is 8.40. The average Bonchev–Trinajstić information content (AvgIpc) is 2.96. The Morgan fingerprint density at radius 3 is 2.64 bits per heavy atom. The Balaban J connectivity index is 1.95. The zero-order valence-electron chi connectivity index (χ0n) is 14.0. The van der Waals surface area contributed by atoms with E-state index < -0.39 is 0 Å². The average molecular weight is 300 g/mol. The fourth-order valence-electron chi connectivity index (χ4n) is 2.99. The lowest BCUT2D eigenvalue weighted by Crippen LogP contribution is -2.17. The molecule has 120 valence electrons. The Morgan fingerprint density at radius 1 is 1.18 bits per heavy atom. The molecule has 0 radical (unpaired) electrons. The molecule has 0 fully saturated rings. The monoisotopic (exact) mass is 300 g/mol. The second-order valence-corrected chi connectivity index (χ2v) is 5.86. The Kier molecular flexibility index (Phi) is 6.66. The molecule has 0 bridgehead atoms. The molecular formula is C19H28N2O. The molecule has 0 spiro atoms. The number of hydrogen-bond donors (Lipinski definition) is 0. The first kappa shape index (κ1) is 16.8. The largest absolute Gasteiger partial charge is 0.377 e. The van der Waals surface area contributed by atoms with Crippen LogP contribution in [0.4, 0.5) is 0 Å². The van der Waals surface area contributed by atoms with Crippen molar-refractivity contribution in [1.82, 2.24) is 9.55 Å². The van der Waals surface area contributed by atoms with E-state index >= 15 is 0 Å². The summed E-state index contributed by atoms with van der Waals surface area (Å²) >= 11 is 0. The smallest absolute Gasteiger partial charge is 0.0949 e. The molecule has 2 aromatic rings. The van der Waals surface area contributed by atoms with Gasteiger partial charge in [-0.1, -0.05) is 37.3 Å². The second kappa shape index (κ2) is 8.74. The fourth-order valence-corrected chi connectivity index (χ4v) is 2.99. The van der Waals surface area contributed by atoms with Gasteiger partial charge in [-0.3, -0.25) is 0 Å². The number of aromatic nitrogens is 2. The third-order valence-corrected chi connectivity index (χ3v) is 4.22. The van der Waals surface area contributed by atoms with Crippen LogP contribution < -0.4 is 0 Å². The summed E-state index contributed by atoms with van der Waals surface area (Å²) in [5.41, 5.74) is 2.75. The molecular weight excluding hydrogens is 272 g/mol. The number of nitrogens with zero attached hydrogens (tertiary/aromatic N) is 2. The highest BCUT2D eigenvalue weighted by atomic mass is 16.5. The Hall–Kier alpha value is -1.61. The van der Waals surface area contributed by atoms with Gasteiger partial charge in [-0.2, -0.15) is 0 Å². The zero-order valence-corrected chi connectivity index (χ0v) is 14.0. The van der Waals surface area contributed by atoms with Gasteiger partial charge in [-0.15, -0.1) is 0 Å². The first-order valence-corrected chi connectivity index (χ1v) is 8.40. The van der Waals surface area contributed by atoms with E-state index in [1.807, 2.05) is 19.4 Å². The molecule has 1 aromatic carbocycles. The molecule has 0 saturated carbocycles. The Bertz CT molecular complexity index is 535. The standard InChI is InChI=1S/C19H28N2O/c1-4-17(18-9-7-6-8-10-18)11-12-19-13-20-15-21(19)14-16(3)22-5-2/h6-10,13,15-17H,4-5,11-12,14H2,1-3H3. The topological polar surface area (TPSA) is 27.1 Å². The van der Waals surface area contributed by atoms with Crippen LogP contribution in [0.15, 0.2) is 42.9 Å². The van der Waals surface area contributed by atoms with Gasteiger partial charge >= 0.3 is 0 Å². The molecule has 1 aromatic heterocycles. The van der Waals surface area contributed by atoms with Crippen molar-refractivity contribution < 1.29 is 4.74 Å². The van der Waals surface area contributed by atoms with Crippen molar-refractivity contribution in [2.75, 3.05) is 6.61 Å². The van der Waals surface area contributed by atoms with E-state index in [9.17, 15) is 0 Å². The van der Waals surface area contributed by atoms with E-state index in [0.29, 0.717) is 5.92 Å². The van der Waals surface area contributed by atoms with Crippen molar-refractivity contribution >= 4 is 0 Å². The quantitative estimate of drug-likeness (QED) is 0.685. The van der Waals surface area contributed by atoms with Gasteiger partial charge in [0.15, 0.2) is 0 Å². The fraction of sp³-hybridized carbons (Fsp3) is 0.526. The van der Waals surface area contributed by atoms with Crippen molar-refractivity contribution in [1.29, 1.82) is 0 Å². The molecule has 0 aliphatic carbocycles. The third-order valence-electron chi connectivity index (χ3n) is 4.22. The SMILES string of the molecule is CCOC(C)Cn1cncc1CCC(CC)c1ccccc1. The van der Waals surface area contributed by atoms with Crippen molar-refractivity contribution in [3.8, 4) is 0 Å². The van der Waals surface area contributed by atoms with Crippen LogP contribution >= 0.6 is 0 Å². The predicted octanol–water partition coefficient (Wildman–Crippen LogP) is 4.43. The molecule has 0 N–H and O–H groups in total. The number of hydrogen-bond acceptors (Lipinski definition) is 2. The van der Waals surface area contributed by atoms with Crippen molar-refractivity contribution in [2.45, 2.75) is 58.6 Å². The van der Waals surface area contributed by atoms with Gasteiger partial charge in [0.25, 0.3) is 0 Å². The van der Waals surface area contributed by atoms with E-state index in [1.54, 1.807) is 0 Å². The van der Waals surface area contributed by atoms with Gasteiger partial charge in [0.1, 0.15) is 0 Å². The van der Waals surface area contributed by atoms with Crippen molar-refractivity contribution in [3.63, 3.8) is 0 Å². The van der Waals surface area contributed by atoms with Crippen molar-refractivity contribution in [2.24, 2.45) is 0 Å². The van der Waals surface area contributed by atoms with Crippen LogP contribution in [0.1, 0.15) is 50.8 Å².